The fraction of sp³-hybridized carbons (Fsp3) is 0.600. The standard InChI is InChI=1S/C5H8N4O2S/c1-4-6-8-9(7-4)3-12-2-5(10)11/h2-3H2,1H3,(H,10,11). The van der Waals surface area contributed by atoms with Crippen LogP contribution in [0.4, 0.5) is 0 Å². The van der Waals surface area contributed by atoms with E-state index in [1.165, 1.54) is 16.6 Å². The predicted octanol–water partition coefficient (Wildman–Crippen LogP) is -0.243. The van der Waals surface area contributed by atoms with Gasteiger partial charge in [0.25, 0.3) is 0 Å². The molecule has 1 rings (SSSR count). The summed E-state index contributed by atoms with van der Waals surface area (Å²) in [5.41, 5.74) is 0. The quantitative estimate of drug-likeness (QED) is 0.702. The van der Waals surface area contributed by atoms with Gasteiger partial charge in [0, 0.05) is 0 Å². The van der Waals surface area contributed by atoms with Gasteiger partial charge in [0.2, 0.25) is 0 Å². The number of aromatic nitrogens is 4. The largest absolute Gasteiger partial charge is 0.481 e. The minimum atomic E-state index is -0.836. The zero-order chi connectivity index (χ0) is 8.97. The number of carboxylic acids is 1. The van der Waals surface area contributed by atoms with Gasteiger partial charge in [-0.1, -0.05) is 0 Å². The van der Waals surface area contributed by atoms with E-state index in [4.69, 9.17) is 5.11 Å². The maximum Gasteiger partial charge on any atom is 0.313 e. The number of thioether (sulfide) groups is 1. The molecule has 1 N–H and O–H groups in total. The third kappa shape index (κ3) is 2.87. The molecule has 6 nitrogen and oxygen atoms in total. The molecule has 0 aromatic carbocycles. The van der Waals surface area contributed by atoms with E-state index >= 15 is 0 Å². The van der Waals surface area contributed by atoms with E-state index in [2.05, 4.69) is 15.4 Å². The van der Waals surface area contributed by atoms with E-state index in [1.54, 1.807) is 6.92 Å². The molecule has 0 fully saturated rings. The smallest absolute Gasteiger partial charge is 0.313 e. The van der Waals surface area contributed by atoms with Crippen LogP contribution in [-0.2, 0) is 10.7 Å². The first-order chi connectivity index (χ1) is 5.68. The van der Waals surface area contributed by atoms with E-state index in [-0.39, 0.29) is 5.75 Å². The molecule has 1 aromatic heterocycles. The number of tetrazole rings is 1. The van der Waals surface area contributed by atoms with Crippen LogP contribution in [0.15, 0.2) is 0 Å². The second-order valence-corrected chi connectivity index (χ2v) is 3.04. The fourth-order valence-corrected chi connectivity index (χ4v) is 1.13. The predicted molar refractivity (Wildman–Crippen MR) is 42.6 cm³/mol. The van der Waals surface area contributed by atoms with Gasteiger partial charge >= 0.3 is 5.97 Å². The molecule has 0 aliphatic heterocycles. The summed E-state index contributed by atoms with van der Waals surface area (Å²) in [6.45, 7) is 1.73. The summed E-state index contributed by atoms with van der Waals surface area (Å²) in [7, 11) is 0. The third-order valence-electron chi connectivity index (χ3n) is 0.985. The lowest BCUT2D eigenvalue weighted by molar-refractivity contribution is -0.133. The van der Waals surface area contributed by atoms with Gasteiger partial charge in [-0.3, -0.25) is 4.79 Å². The molecule has 1 aromatic rings. The van der Waals surface area contributed by atoms with Gasteiger partial charge in [-0.05, 0) is 12.1 Å². The van der Waals surface area contributed by atoms with Crippen LogP contribution in [0.5, 0.6) is 0 Å². The van der Waals surface area contributed by atoms with E-state index in [1.807, 2.05) is 0 Å². The molecule has 0 radical (unpaired) electrons. The van der Waals surface area contributed by atoms with Crippen LogP contribution in [0.2, 0.25) is 0 Å². The Morgan fingerprint density at radius 3 is 3.00 bits per heavy atom. The summed E-state index contributed by atoms with van der Waals surface area (Å²) >= 11 is 1.23. The lowest BCUT2D eigenvalue weighted by Crippen LogP contribution is -2.04. The Labute approximate surface area is 73.0 Å². The first-order valence-corrected chi connectivity index (χ1v) is 4.38. The van der Waals surface area contributed by atoms with E-state index in [0.717, 1.165) is 0 Å². The average molecular weight is 188 g/mol. The van der Waals surface area contributed by atoms with E-state index in [9.17, 15) is 4.79 Å². The Bertz CT molecular complexity index is 274. The normalized spacial score (nSPS) is 10.1. The average Bonchev–Trinajstić information content (AvgIpc) is 2.35. The minimum Gasteiger partial charge on any atom is -0.481 e. The lowest BCUT2D eigenvalue weighted by atomic mass is 10.8. The van der Waals surface area contributed by atoms with E-state index in [0.29, 0.717) is 11.7 Å². The van der Waals surface area contributed by atoms with Gasteiger partial charge in [-0.25, -0.2) is 0 Å². The van der Waals surface area contributed by atoms with Crippen molar-refractivity contribution >= 4 is 17.7 Å². The maximum absolute atomic E-state index is 10.1. The number of rotatable bonds is 4. The van der Waals surface area contributed by atoms with Crippen molar-refractivity contribution in [3.05, 3.63) is 5.82 Å². The van der Waals surface area contributed by atoms with Gasteiger partial charge in [0.1, 0.15) is 5.88 Å². The Hall–Kier alpha value is -1.11. The summed E-state index contributed by atoms with van der Waals surface area (Å²) in [6.07, 6.45) is 0. The minimum absolute atomic E-state index is 0.0561. The van der Waals surface area contributed by atoms with Crippen molar-refractivity contribution in [1.82, 2.24) is 20.2 Å². The third-order valence-corrected chi connectivity index (χ3v) is 1.85. The summed E-state index contributed by atoms with van der Waals surface area (Å²) in [5.74, 6) is 0.232. The van der Waals surface area contributed by atoms with Gasteiger partial charge in [0.15, 0.2) is 5.82 Å². The first kappa shape index (κ1) is 8.98. The second-order valence-electron chi connectivity index (χ2n) is 2.08. The summed E-state index contributed by atoms with van der Waals surface area (Å²) < 4.78 is 0. The van der Waals surface area contributed by atoms with E-state index < -0.39 is 5.97 Å². The number of hydrogen-bond donors (Lipinski definition) is 1. The molecule has 0 saturated heterocycles. The summed E-state index contributed by atoms with van der Waals surface area (Å²) in [4.78, 5) is 11.5. The molecule has 0 atom stereocenters. The highest BCUT2D eigenvalue weighted by Gasteiger charge is 1.99. The highest BCUT2D eigenvalue weighted by Crippen LogP contribution is 2.01. The fourth-order valence-electron chi connectivity index (χ4n) is 0.593. The molecule has 1 heterocycles. The lowest BCUT2D eigenvalue weighted by Gasteiger charge is -1.94. The Balaban J connectivity index is 2.29. The molecule has 0 saturated carbocycles. The van der Waals surface area contributed by atoms with Crippen molar-refractivity contribution < 1.29 is 9.90 Å². The topological polar surface area (TPSA) is 80.9 Å². The Kier molecular flexibility index (Phi) is 3.03. The number of carbonyl (C=O) groups is 1. The molecule has 0 unspecified atom stereocenters. The van der Waals surface area contributed by atoms with Crippen LogP contribution in [0.3, 0.4) is 0 Å². The monoisotopic (exact) mass is 188 g/mol. The van der Waals surface area contributed by atoms with Crippen LogP contribution in [0, 0.1) is 6.92 Å². The zero-order valence-electron chi connectivity index (χ0n) is 6.47. The molecular weight excluding hydrogens is 180 g/mol. The molecule has 66 valence electrons. The second kappa shape index (κ2) is 4.05. The molecule has 12 heavy (non-hydrogen) atoms. The van der Waals surface area contributed by atoms with Gasteiger partial charge in [0.05, 0.1) is 5.75 Å². The maximum atomic E-state index is 10.1. The number of carboxylic acid groups (broad SMARTS) is 1. The van der Waals surface area contributed by atoms with Crippen LogP contribution in [0.25, 0.3) is 0 Å². The molecule has 0 bridgehead atoms. The number of aryl methyl sites for hydroxylation is 1. The van der Waals surface area contributed by atoms with Crippen LogP contribution >= 0.6 is 11.8 Å². The number of hydrogen-bond acceptors (Lipinski definition) is 5. The van der Waals surface area contributed by atoms with Crippen molar-refractivity contribution in [2.75, 3.05) is 5.75 Å². The first-order valence-electron chi connectivity index (χ1n) is 3.22. The van der Waals surface area contributed by atoms with Gasteiger partial charge < -0.3 is 5.11 Å². The zero-order valence-corrected chi connectivity index (χ0v) is 7.28. The molecule has 0 amide bonds. The SMILES string of the molecule is Cc1nnn(CSCC(=O)O)n1. The number of nitrogens with zero attached hydrogens (tertiary/aromatic N) is 4. The van der Waals surface area contributed by atoms with Crippen molar-refractivity contribution in [1.29, 1.82) is 0 Å². The van der Waals surface area contributed by atoms with Crippen LogP contribution in [0.1, 0.15) is 5.82 Å². The summed E-state index contributed by atoms with van der Waals surface area (Å²) in [6, 6.07) is 0. The van der Waals surface area contributed by atoms with Gasteiger partial charge in [-0.15, -0.1) is 22.0 Å². The Morgan fingerprint density at radius 2 is 2.50 bits per heavy atom. The highest BCUT2D eigenvalue weighted by molar-refractivity contribution is 7.98. The highest BCUT2D eigenvalue weighted by atomic mass is 32.2. The van der Waals surface area contributed by atoms with Crippen molar-refractivity contribution in [2.24, 2.45) is 0 Å². The molecule has 0 spiro atoms. The van der Waals surface area contributed by atoms with Gasteiger partial charge in [-0.2, -0.15) is 4.80 Å². The van der Waals surface area contributed by atoms with Crippen molar-refractivity contribution in [3.63, 3.8) is 0 Å². The molecule has 7 heteroatoms. The molecular formula is C5H8N4O2S. The summed E-state index contributed by atoms with van der Waals surface area (Å²) in [5, 5.41) is 19.5. The number of aliphatic carboxylic acids is 1. The van der Waals surface area contributed by atoms with Crippen LogP contribution < -0.4 is 0 Å². The van der Waals surface area contributed by atoms with Crippen molar-refractivity contribution in [2.45, 2.75) is 12.8 Å². The molecule has 0 aliphatic rings. The molecule has 0 aliphatic carbocycles. The van der Waals surface area contributed by atoms with Crippen molar-refractivity contribution in [3.8, 4) is 0 Å². The van der Waals surface area contributed by atoms with Crippen LogP contribution in [-0.4, -0.2) is 37.0 Å². The Morgan fingerprint density at radius 1 is 1.75 bits per heavy atom.